The van der Waals surface area contributed by atoms with Crippen molar-refractivity contribution >= 4 is 21.8 Å². The zero-order chi connectivity index (χ0) is 19.6. The van der Waals surface area contributed by atoms with Crippen molar-refractivity contribution in [2.75, 3.05) is 7.05 Å². The van der Waals surface area contributed by atoms with Gasteiger partial charge in [0.05, 0.1) is 5.69 Å². The second kappa shape index (κ2) is 7.56. The lowest BCUT2D eigenvalue weighted by atomic mass is 10.1. The molecule has 1 heterocycles. The second-order valence-electron chi connectivity index (χ2n) is 5.98. The van der Waals surface area contributed by atoms with Crippen LogP contribution < -0.4 is 0 Å². The molecule has 2 aromatic carbocycles. The number of amides is 1. The fourth-order valence-electron chi connectivity index (χ4n) is 2.53. The first-order valence-electron chi connectivity index (χ1n) is 7.97. The molecule has 8 heteroatoms. The van der Waals surface area contributed by atoms with E-state index in [4.69, 9.17) is 0 Å². The number of nitrogens with zero attached hydrogens (tertiary/aromatic N) is 3. The van der Waals surface area contributed by atoms with Crippen molar-refractivity contribution in [1.29, 1.82) is 0 Å². The first-order valence-corrected chi connectivity index (χ1v) is 8.76. The fraction of sp³-hybridized carbons (Fsp3) is 0.158. The van der Waals surface area contributed by atoms with Gasteiger partial charge in [0.15, 0.2) is 5.69 Å². The molecule has 140 valence electrons. The Hall–Kier alpha value is -2.61. The van der Waals surface area contributed by atoms with Gasteiger partial charge in [0.2, 0.25) is 0 Å². The van der Waals surface area contributed by atoms with Gasteiger partial charge >= 0.3 is 6.18 Å². The van der Waals surface area contributed by atoms with Crippen molar-refractivity contribution in [2.24, 2.45) is 0 Å². The summed E-state index contributed by atoms with van der Waals surface area (Å²) in [5.74, 6) is -0.180. The molecular formula is C19H15BrF3N3O. The molecule has 0 N–H and O–H groups in total. The zero-order valence-corrected chi connectivity index (χ0v) is 15.8. The molecule has 0 fully saturated rings. The van der Waals surface area contributed by atoms with Crippen molar-refractivity contribution in [3.05, 3.63) is 82.1 Å². The maximum atomic E-state index is 12.6. The summed E-state index contributed by atoms with van der Waals surface area (Å²) < 4.78 is 40.0. The first-order chi connectivity index (χ1) is 12.7. The number of carbonyl (C=O) groups is 1. The third-order valence-electron chi connectivity index (χ3n) is 3.94. The van der Waals surface area contributed by atoms with Crippen LogP contribution in [-0.4, -0.2) is 27.6 Å². The Kier molecular flexibility index (Phi) is 5.36. The predicted octanol–water partition coefficient (Wildman–Crippen LogP) is 4.93. The van der Waals surface area contributed by atoms with E-state index in [9.17, 15) is 18.0 Å². The van der Waals surface area contributed by atoms with E-state index in [2.05, 4.69) is 21.0 Å². The van der Waals surface area contributed by atoms with E-state index < -0.39 is 11.9 Å². The van der Waals surface area contributed by atoms with Crippen molar-refractivity contribution in [3.8, 4) is 5.69 Å². The van der Waals surface area contributed by atoms with Gasteiger partial charge in [-0.1, -0.05) is 28.1 Å². The molecule has 0 spiro atoms. The van der Waals surface area contributed by atoms with Crippen LogP contribution in [0.5, 0.6) is 0 Å². The highest BCUT2D eigenvalue weighted by Gasteiger charge is 2.33. The maximum Gasteiger partial charge on any atom is 0.435 e. The predicted molar refractivity (Wildman–Crippen MR) is 98.5 cm³/mol. The van der Waals surface area contributed by atoms with Gasteiger partial charge in [-0.3, -0.25) is 4.79 Å². The third kappa shape index (κ3) is 4.57. The Balaban J connectivity index is 1.71. The zero-order valence-electron chi connectivity index (χ0n) is 14.2. The summed E-state index contributed by atoms with van der Waals surface area (Å²) >= 11 is 3.37. The molecule has 0 aliphatic carbocycles. The Bertz CT molecular complexity index is 934. The molecule has 0 aliphatic heterocycles. The summed E-state index contributed by atoms with van der Waals surface area (Å²) in [6, 6.07) is 14.8. The molecule has 0 bridgehead atoms. The van der Waals surface area contributed by atoms with Crippen LogP contribution in [0.15, 0.2) is 65.3 Å². The van der Waals surface area contributed by atoms with Gasteiger partial charge in [-0.2, -0.15) is 18.3 Å². The minimum absolute atomic E-state index is 0.180. The van der Waals surface area contributed by atoms with Crippen molar-refractivity contribution < 1.29 is 18.0 Å². The van der Waals surface area contributed by atoms with E-state index in [0.717, 1.165) is 20.8 Å². The topological polar surface area (TPSA) is 38.1 Å². The molecule has 3 rings (SSSR count). The van der Waals surface area contributed by atoms with Crippen LogP contribution in [0.4, 0.5) is 13.2 Å². The highest BCUT2D eigenvalue weighted by atomic mass is 79.9. The summed E-state index contributed by atoms with van der Waals surface area (Å²) in [6.45, 7) is 0.446. The number of hydrogen-bond donors (Lipinski definition) is 0. The minimum Gasteiger partial charge on any atom is -0.337 e. The molecular weight excluding hydrogens is 423 g/mol. The van der Waals surface area contributed by atoms with E-state index in [1.165, 1.54) is 6.20 Å². The normalized spacial score (nSPS) is 11.4. The molecule has 1 amide bonds. The molecule has 0 radical (unpaired) electrons. The molecule has 4 nitrogen and oxygen atoms in total. The van der Waals surface area contributed by atoms with Crippen LogP contribution in [0.3, 0.4) is 0 Å². The van der Waals surface area contributed by atoms with Gasteiger partial charge < -0.3 is 4.90 Å². The molecule has 0 saturated heterocycles. The maximum absolute atomic E-state index is 12.6. The van der Waals surface area contributed by atoms with Crippen LogP contribution in [0.2, 0.25) is 0 Å². The SMILES string of the molecule is CN(Cc1ccc(Br)cc1)C(=O)c1ccc(-n2ccc(C(F)(F)F)n2)cc1. The lowest BCUT2D eigenvalue weighted by molar-refractivity contribution is -0.141. The fourth-order valence-corrected chi connectivity index (χ4v) is 2.80. The van der Waals surface area contributed by atoms with Crippen LogP contribution in [-0.2, 0) is 12.7 Å². The number of aromatic nitrogens is 2. The van der Waals surface area contributed by atoms with Crippen LogP contribution in [0.25, 0.3) is 5.69 Å². The summed E-state index contributed by atoms with van der Waals surface area (Å²) in [7, 11) is 1.70. The highest BCUT2D eigenvalue weighted by Crippen LogP contribution is 2.28. The molecule has 1 aromatic heterocycles. The summed E-state index contributed by atoms with van der Waals surface area (Å²) in [6.07, 6.45) is -3.25. The minimum atomic E-state index is -4.49. The lowest BCUT2D eigenvalue weighted by Gasteiger charge is -2.17. The lowest BCUT2D eigenvalue weighted by Crippen LogP contribution is -2.26. The number of hydrogen-bond acceptors (Lipinski definition) is 2. The van der Waals surface area contributed by atoms with Gasteiger partial charge in [0.1, 0.15) is 0 Å². The van der Waals surface area contributed by atoms with Crippen LogP contribution in [0, 0.1) is 0 Å². The quantitative estimate of drug-likeness (QED) is 0.580. The second-order valence-corrected chi connectivity index (χ2v) is 6.89. The molecule has 3 aromatic rings. The van der Waals surface area contributed by atoms with Gasteiger partial charge in [-0.25, -0.2) is 4.68 Å². The summed E-state index contributed by atoms with van der Waals surface area (Å²) in [5.41, 5.74) is 0.915. The largest absolute Gasteiger partial charge is 0.435 e. The number of rotatable bonds is 4. The number of carbonyl (C=O) groups excluding carboxylic acids is 1. The Morgan fingerprint density at radius 1 is 1.07 bits per heavy atom. The molecule has 0 atom stereocenters. The highest BCUT2D eigenvalue weighted by molar-refractivity contribution is 9.10. The number of halogens is 4. The molecule has 0 unspecified atom stereocenters. The summed E-state index contributed by atoms with van der Waals surface area (Å²) in [4.78, 5) is 14.1. The average Bonchev–Trinajstić information content (AvgIpc) is 3.14. The number of benzene rings is 2. The van der Waals surface area contributed by atoms with E-state index in [-0.39, 0.29) is 5.91 Å². The van der Waals surface area contributed by atoms with E-state index in [1.54, 1.807) is 36.2 Å². The monoisotopic (exact) mass is 437 g/mol. The van der Waals surface area contributed by atoms with Crippen LogP contribution >= 0.6 is 15.9 Å². The smallest absolute Gasteiger partial charge is 0.337 e. The number of alkyl halides is 3. The first kappa shape index (κ1) is 19.2. The third-order valence-corrected chi connectivity index (χ3v) is 4.47. The van der Waals surface area contributed by atoms with Crippen molar-refractivity contribution in [1.82, 2.24) is 14.7 Å². The van der Waals surface area contributed by atoms with Gasteiger partial charge in [-0.15, -0.1) is 0 Å². The molecule has 0 saturated carbocycles. The van der Waals surface area contributed by atoms with Crippen LogP contribution in [0.1, 0.15) is 21.6 Å². The Morgan fingerprint density at radius 3 is 2.26 bits per heavy atom. The van der Waals surface area contributed by atoms with E-state index >= 15 is 0 Å². The van der Waals surface area contributed by atoms with Gasteiger partial charge in [0.25, 0.3) is 5.91 Å². The molecule has 27 heavy (non-hydrogen) atoms. The van der Waals surface area contributed by atoms with Gasteiger partial charge in [-0.05, 0) is 48.0 Å². The van der Waals surface area contributed by atoms with Gasteiger partial charge in [0, 0.05) is 29.8 Å². The molecule has 0 aliphatic rings. The Labute approximate surface area is 162 Å². The summed E-state index contributed by atoms with van der Waals surface area (Å²) in [5, 5.41) is 3.52. The van der Waals surface area contributed by atoms with Crippen molar-refractivity contribution in [3.63, 3.8) is 0 Å². The Morgan fingerprint density at radius 2 is 1.70 bits per heavy atom. The average molecular weight is 438 g/mol. The van der Waals surface area contributed by atoms with E-state index in [1.807, 2.05) is 24.3 Å². The standard InChI is InChI=1S/C19H15BrF3N3O/c1-25(12-13-2-6-15(20)7-3-13)18(27)14-4-8-16(9-5-14)26-11-10-17(24-26)19(21,22)23/h2-11H,12H2,1H3. The van der Waals surface area contributed by atoms with E-state index in [0.29, 0.717) is 17.8 Å². The van der Waals surface area contributed by atoms with Crippen molar-refractivity contribution in [2.45, 2.75) is 12.7 Å².